The lowest BCUT2D eigenvalue weighted by Gasteiger charge is -2.27. The number of benzene rings is 8. The highest BCUT2D eigenvalue weighted by Crippen LogP contribution is 2.44. The topological polar surface area (TPSA) is 41.6 Å². The van der Waals surface area contributed by atoms with E-state index < -0.39 is 0 Å². The zero-order chi connectivity index (χ0) is 37.7. The monoisotopic (exact) mass is 714 g/mol. The maximum atomic E-state index is 6.86. The van der Waals surface area contributed by atoms with Gasteiger partial charge in [-0.05, 0) is 200 Å². The van der Waals surface area contributed by atoms with Crippen LogP contribution in [-0.2, 0) is 0 Å². The molecule has 0 aliphatic carbocycles. The zero-order valence-electron chi connectivity index (χ0n) is 32.3. The van der Waals surface area contributed by atoms with Crippen LogP contribution in [0.3, 0.4) is 0 Å². The number of anilines is 5. The van der Waals surface area contributed by atoms with Gasteiger partial charge in [0.25, 0.3) is 0 Å². The number of nitrogens with zero attached hydrogens (tertiary/aromatic N) is 1. The average molecular weight is 715 g/mol. The van der Waals surface area contributed by atoms with Crippen LogP contribution in [0.25, 0.3) is 65.4 Å². The first-order valence-corrected chi connectivity index (χ1v) is 19.0. The molecule has 0 radical (unpaired) electrons. The molecule has 0 amide bonds. The third-order valence-electron chi connectivity index (χ3n) is 11.0. The molecule has 0 fully saturated rings. The fraction of sp³-hybridized carbons (Fsp3) is 0.137. The molecule has 1 N–H and O–H groups in total. The van der Waals surface area contributed by atoms with Crippen molar-refractivity contribution in [2.45, 2.75) is 48.5 Å². The summed E-state index contributed by atoms with van der Waals surface area (Å²) in [5, 5.41) is 12.5. The van der Waals surface area contributed by atoms with E-state index in [2.05, 4.69) is 180 Å². The van der Waals surface area contributed by atoms with E-state index >= 15 is 0 Å². The Kier molecular flexibility index (Phi) is 7.37. The van der Waals surface area contributed by atoms with E-state index in [-0.39, 0.29) is 0 Å². The predicted molar refractivity (Wildman–Crippen MR) is 234 cm³/mol. The molecule has 4 heteroatoms. The third-order valence-corrected chi connectivity index (χ3v) is 11.0. The largest absolute Gasteiger partial charge is 0.456 e. The van der Waals surface area contributed by atoms with E-state index in [1.165, 1.54) is 38.8 Å². The first-order chi connectivity index (χ1) is 26.5. The Morgan fingerprint density at radius 1 is 0.382 bits per heavy atom. The van der Waals surface area contributed by atoms with Crippen LogP contribution in [-0.4, -0.2) is 0 Å². The Labute approximate surface area is 320 Å². The second-order valence-electron chi connectivity index (χ2n) is 15.8. The number of nitrogens with one attached hydrogen (secondary N) is 1. The van der Waals surface area contributed by atoms with Gasteiger partial charge in [-0.1, -0.05) is 30.3 Å². The summed E-state index contributed by atoms with van der Waals surface area (Å²) in [6.45, 7) is 15.1. The quantitative estimate of drug-likeness (QED) is 0.193. The molecule has 268 valence electrons. The van der Waals surface area contributed by atoms with Crippen LogP contribution in [0.2, 0.25) is 0 Å². The predicted octanol–water partition coefficient (Wildman–Crippen LogP) is 15.2. The number of fused-ring (bicyclic) bond motifs is 9. The van der Waals surface area contributed by atoms with Gasteiger partial charge in [-0.15, -0.1) is 0 Å². The Balaban J connectivity index is 1.11. The van der Waals surface area contributed by atoms with Crippen molar-refractivity contribution in [2.24, 2.45) is 0 Å². The zero-order valence-corrected chi connectivity index (χ0v) is 32.3. The molecule has 8 aromatic carbocycles. The fourth-order valence-corrected chi connectivity index (χ4v) is 8.84. The van der Waals surface area contributed by atoms with Crippen LogP contribution in [0.4, 0.5) is 28.4 Å². The number of aryl methyl sites for hydroxylation is 7. The summed E-state index contributed by atoms with van der Waals surface area (Å²) in [7, 11) is 0. The van der Waals surface area contributed by atoms with Crippen molar-refractivity contribution in [3.05, 3.63) is 160 Å². The molecule has 0 saturated carbocycles. The van der Waals surface area contributed by atoms with Crippen molar-refractivity contribution < 1.29 is 8.83 Å². The van der Waals surface area contributed by atoms with E-state index in [4.69, 9.17) is 8.83 Å². The van der Waals surface area contributed by atoms with Gasteiger partial charge in [-0.3, -0.25) is 0 Å². The Morgan fingerprint density at radius 3 is 1.55 bits per heavy atom. The van der Waals surface area contributed by atoms with Gasteiger partial charge in [0.15, 0.2) is 0 Å². The standard InChI is InChI=1S/C51H42N2O2/c1-28-12-29(2)16-40(15-28)52-39-10-8-35-25-46-48(26-37(35)22-39)54-50-34(7)21-45-44-24-36-9-11-41(23-38(36)27-47(44)55-51(45)49(46)50)53(42-17-30(3)13-31(4)18-42)43-19-32(5)14-33(6)20-43/h8-27,52H,1-7H3. The number of furan rings is 2. The van der Waals surface area contributed by atoms with Gasteiger partial charge >= 0.3 is 0 Å². The van der Waals surface area contributed by atoms with Crippen molar-refractivity contribution in [1.82, 2.24) is 0 Å². The minimum Gasteiger partial charge on any atom is -0.456 e. The first kappa shape index (κ1) is 33.1. The summed E-state index contributed by atoms with van der Waals surface area (Å²) in [6.07, 6.45) is 0. The number of hydrogen-bond donors (Lipinski definition) is 1. The molecule has 0 aliphatic rings. The van der Waals surface area contributed by atoms with Crippen molar-refractivity contribution in [1.29, 1.82) is 0 Å². The van der Waals surface area contributed by atoms with Crippen LogP contribution >= 0.6 is 0 Å². The molecule has 0 atom stereocenters. The lowest BCUT2D eigenvalue weighted by molar-refractivity contribution is 0.661. The molecule has 2 aromatic heterocycles. The second-order valence-corrected chi connectivity index (χ2v) is 15.8. The fourth-order valence-electron chi connectivity index (χ4n) is 8.84. The van der Waals surface area contributed by atoms with Crippen molar-refractivity contribution in [2.75, 3.05) is 10.2 Å². The van der Waals surface area contributed by atoms with Gasteiger partial charge in [0.1, 0.15) is 22.3 Å². The normalized spacial score (nSPS) is 11.9. The molecule has 0 spiro atoms. The third kappa shape index (κ3) is 5.68. The smallest absolute Gasteiger partial charge is 0.147 e. The molecule has 2 heterocycles. The molecule has 4 nitrogen and oxygen atoms in total. The van der Waals surface area contributed by atoms with Gasteiger partial charge in [0, 0.05) is 44.6 Å². The van der Waals surface area contributed by atoms with E-state index in [0.717, 1.165) is 94.0 Å². The minimum absolute atomic E-state index is 0.856. The summed E-state index contributed by atoms with van der Waals surface area (Å²) in [5.74, 6) is 0. The molecule has 10 aromatic rings. The maximum absolute atomic E-state index is 6.86. The maximum Gasteiger partial charge on any atom is 0.147 e. The molecule has 0 saturated heterocycles. The van der Waals surface area contributed by atoms with Crippen LogP contribution in [0, 0.1) is 48.5 Å². The highest BCUT2D eigenvalue weighted by atomic mass is 16.3. The van der Waals surface area contributed by atoms with E-state index in [1.807, 2.05) is 0 Å². The summed E-state index contributed by atoms with van der Waals surface area (Å²) in [4.78, 5) is 2.37. The van der Waals surface area contributed by atoms with Gasteiger partial charge < -0.3 is 19.1 Å². The SMILES string of the molecule is Cc1cc(C)cc(Nc2ccc3cc4c(cc3c2)oc2c(C)cc3c5cc6ccc(N(c7cc(C)cc(C)c7)c7cc(C)cc(C)c7)cc6cc5oc3c24)c1. The summed E-state index contributed by atoms with van der Waals surface area (Å²) in [6, 6.07) is 44.5. The van der Waals surface area contributed by atoms with Crippen LogP contribution in [0.15, 0.2) is 130 Å². The first-order valence-electron chi connectivity index (χ1n) is 19.0. The average Bonchev–Trinajstić information content (AvgIpc) is 3.66. The Hall–Kier alpha value is -6.52. The summed E-state index contributed by atoms with van der Waals surface area (Å²) in [5.41, 5.74) is 17.5. The minimum atomic E-state index is 0.856. The molecule has 10 rings (SSSR count). The molecular weight excluding hydrogens is 673 g/mol. The summed E-state index contributed by atoms with van der Waals surface area (Å²) < 4.78 is 13.5. The molecular formula is C51H42N2O2. The highest BCUT2D eigenvalue weighted by molar-refractivity contribution is 6.25. The molecule has 55 heavy (non-hydrogen) atoms. The Morgan fingerprint density at radius 2 is 0.909 bits per heavy atom. The van der Waals surface area contributed by atoms with Crippen molar-refractivity contribution in [3.63, 3.8) is 0 Å². The van der Waals surface area contributed by atoms with Crippen LogP contribution in [0.1, 0.15) is 38.9 Å². The van der Waals surface area contributed by atoms with Crippen LogP contribution < -0.4 is 10.2 Å². The van der Waals surface area contributed by atoms with Crippen molar-refractivity contribution in [3.8, 4) is 0 Å². The van der Waals surface area contributed by atoms with Crippen molar-refractivity contribution >= 4 is 93.9 Å². The number of rotatable bonds is 5. The lowest BCUT2D eigenvalue weighted by Crippen LogP contribution is -2.11. The van der Waals surface area contributed by atoms with E-state index in [0.29, 0.717) is 0 Å². The Bertz CT molecular complexity index is 3100. The van der Waals surface area contributed by atoms with Gasteiger partial charge in [-0.2, -0.15) is 0 Å². The van der Waals surface area contributed by atoms with E-state index in [1.54, 1.807) is 0 Å². The van der Waals surface area contributed by atoms with Gasteiger partial charge in [-0.25, -0.2) is 0 Å². The number of hydrogen-bond acceptors (Lipinski definition) is 4. The van der Waals surface area contributed by atoms with Gasteiger partial charge in [0.2, 0.25) is 0 Å². The second kappa shape index (κ2) is 12.3. The van der Waals surface area contributed by atoms with Gasteiger partial charge in [0.05, 0.1) is 5.39 Å². The lowest BCUT2D eigenvalue weighted by atomic mass is 10.0. The van der Waals surface area contributed by atoms with Crippen LogP contribution in [0.5, 0.6) is 0 Å². The van der Waals surface area contributed by atoms with E-state index in [9.17, 15) is 0 Å². The summed E-state index contributed by atoms with van der Waals surface area (Å²) >= 11 is 0. The molecule has 0 aliphatic heterocycles. The molecule has 0 bridgehead atoms. The highest BCUT2D eigenvalue weighted by Gasteiger charge is 2.21. The molecule has 0 unspecified atom stereocenters.